The molecule has 2 aromatic heterocycles. The average molecular weight is 447 g/mol. The average Bonchev–Trinajstić information content (AvgIpc) is 3.33. The lowest BCUT2D eigenvalue weighted by atomic mass is 9.86. The minimum Gasteiger partial charge on any atom is -0.465 e. The van der Waals surface area contributed by atoms with E-state index in [0.717, 1.165) is 41.9 Å². The Morgan fingerprint density at radius 3 is 2.79 bits per heavy atom. The van der Waals surface area contributed by atoms with E-state index in [1.807, 2.05) is 49.4 Å². The molecule has 3 amide bonds. The van der Waals surface area contributed by atoms with Gasteiger partial charge in [-0.15, -0.1) is 0 Å². The van der Waals surface area contributed by atoms with E-state index < -0.39 is 24.5 Å². The highest BCUT2D eigenvalue weighted by Crippen LogP contribution is 2.36. The fraction of sp³-hybridized carbons (Fsp3) is 0.280. The highest BCUT2D eigenvalue weighted by molar-refractivity contribution is 6.07. The number of imide groups is 1. The fourth-order valence-corrected chi connectivity index (χ4v) is 3.90. The Hall–Kier alpha value is -3.94. The molecule has 8 nitrogen and oxygen atoms in total. The summed E-state index contributed by atoms with van der Waals surface area (Å²) in [6.07, 6.45) is 6.62. The van der Waals surface area contributed by atoms with E-state index in [4.69, 9.17) is 14.1 Å². The second kappa shape index (κ2) is 10.1. The Balaban J connectivity index is 1.62. The van der Waals surface area contributed by atoms with Crippen LogP contribution in [0.4, 0.5) is 4.79 Å². The molecule has 0 spiro atoms. The predicted octanol–water partition coefficient (Wildman–Crippen LogP) is 4.10. The molecule has 0 saturated heterocycles. The summed E-state index contributed by atoms with van der Waals surface area (Å²) in [7, 11) is 0. The number of hydrogen-bond acceptors (Lipinski definition) is 6. The Kier molecular flexibility index (Phi) is 6.83. The summed E-state index contributed by atoms with van der Waals surface area (Å²) in [4.78, 5) is 41.7. The number of amides is 3. The molecule has 0 radical (unpaired) electrons. The maximum atomic E-state index is 13.1. The van der Waals surface area contributed by atoms with Gasteiger partial charge in [0, 0.05) is 11.9 Å². The first-order valence-electron chi connectivity index (χ1n) is 11.0. The molecule has 170 valence electrons. The first-order valence-corrected chi connectivity index (χ1v) is 11.0. The Morgan fingerprint density at radius 1 is 1.15 bits per heavy atom. The van der Waals surface area contributed by atoms with Crippen molar-refractivity contribution in [3.63, 3.8) is 0 Å². The number of para-hydroxylation sites is 1. The number of allylic oxidation sites excluding steroid dienone is 1. The molecule has 0 aliphatic heterocycles. The van der Waals surface area contributed by atoms with Gasteiger partial charge in [0.1, 0.15) is 5.76 Å². The van der Waals surface area contributed by atoms with Gasteiger partial charge >= 0.3 is 12.0 Å². The third-order valence-corrected chi connectivity index (χ3v) is 5.36. The van der Waals surface area contributed by atoms with Crippen molar-refractivity contribution < 1.29 is 23.5 Å². The van der Waals surface area contributed by atoms with Crippen LogP contribution in [0.3, 0.4) is 0 Å². The summed E-state index contributed by atoms with van der Waals surface area (Å²) >= 11 is 0. The number of esters is 1. The number of carbonyl (C=O) groups is 3. The lowest BCUT2D eigenvalue weighted by Crippen LogP contribution is -2.41. The van der Waals surface area contributed by atoms with Gasteiger partial charge in [-0.25, -0.2) is 14.6 Å². The van der Waals surface area contributed by atoms with Crippen LogP contribution in [0.5, 0.6) is 0 Å². The number of benzene rings is 1. The first-order chi connectivity index (χ1) is 16.1. The first kappa shape index (κ1) is 22.3. The Bertz CT molecular complexity index is 1210. The molecule has 0 bridgehead atoms. The molecule has 1 aliphatic carbocycles. The van der Waals surface area contributed by atoms with E-state index in [9.17, 15) is 14.4 Å². The number of furan rings is 1. The molecule has 1 aromatic carbocycles. The highest BCUT2D eigenvalue weighted by atomic mass is 16.5. The molecule has 33 heavy (non-hydrogen) atoms. The molecule has 8 heteroatoms. The third-order valence-electron chi connectivity index (χ3n) is 5.36. The molecule has 0 fully saturated rings. The van der Waals surface area contributed by atoms with E-state index in [2.05, 4.69) is 10.6 Å². The molecular weight excluding hydrogens is 422 g/mol. The van der Waals surface area contributed by atoms with Crippen LogP contribution in [-0.2, 0) is 16.0 Å². The van der Waals surface area contributed by atoms with Crippen molar-refractivity contribution in [2.75, 3.05) is 13.2 Å². The van der Waals surface area contributed by atoms with E-state index in [1.54, 1.807) is 6.26 Å². The predicted molar refractivity (Wildman–Crippen MR) is 123 cm³/mol. The number of aromatic nitrogens is 1. The number of urea groups is 1. The third kappa shape index (κ3) is 5.11. The van der Waals surface area contributed by atoms with Crippen LogP contribution in [0.1, 0.15) is 53.6 Å². The minimum absolute atomic E-state index is 0.406. The number of nitrogens with zero attached hydrogens (tertiary/aromatic N) is 1. The van der Waals surface area contributed by atoms with E-state index in [-0.39, 0.29) is 0 Å². The van der Waals surface area contributed by atoms with Gasteiger partial charge in [0.25, 0.3) is 5.91 Å². The molecule has 0 atom stereocenters. The van der Waals surface area contributed by atoms with Gasteiger partial charge in [0.15, 0.2) is 6.61 Å². The van der Waals surface area contributed by atoms with Gasteiger partial charge in [-0.1, -0.05) is 25.1 Å². The largest absolute Gasteiger partial charge is 0.465 e. The number of carbonyl (C=O) groups excluding carboxylic acids is 3. The monoisotopic (exact) mass is 447 g/mol. The number of hydrogen-bond donors (Lipinski definition) is 2. The van der Waals surface area contributed by atoms with Gasteiger partial charge in [-0.3, -0.25) is 10.1 Å². The van der Waals surface area contributed by atoms with Crippen LogP contribution >= 0.6 is 0 Å². The molecule has 4 rings (SSSR count). The zero-order valence-corrected chi connectivity index (χ0v) is 18.3. The van der Waals surface area contributed by atoms with E-state index in [0.29, 0.717) is 29.4 Å². The van der Waals surface area contributed by atoms with Crippen LogP contribution < -0.4 is 10.6 Å². The number of fused-ring (bicyclic) bond motifs is 2. The van der Waals surface area contributed by atoms with Crippen molar-refractivity contribution in [1.29, 1.82) is 0 Å². The van der Waals surface area contributed by atoms with Crippen LogP contribution in [0, 0.1) is 0 Å². The topological polar surface area (TPSA) is 111 Å². The van der Waals surface area contributed by atoms with Gasteiger partial charge in [0.05, 0.1) is 23.0 Å². The lowest BCUT2D eigenvalue weighted by molar-refractivity contribution is -0.123. The molecule has 3 aromatic rings. The zero-order valence-electron chi connectivity index (χ0n) is 18.3. The van der Waals surface area contributed by atoms with Crippen LogP contribution in [0.25, 0.3) is 22.6 Å². The summed E-state index contributed by atoms with van der Waals surface area (Å²) in [5, 5.41) is 5.36. The molecule has 0 saturated carbocycles. The Labute approximate surface area is 191 Å². The fourth-order valence-electron chi connectivity index (χ4n) is 3.90. The second-order valence-corrected chi connectivity index (χ2v) is 7.75. The van der Waals surface area contributed by atoms with Crippen molar-refractivity contribution in [3.05, 3.63) is 65.2 Å². The van der Waals surface area contributed by atoms with Gasteiger partial charge in [-0.2, -0.15) is 0 Å². The Morgan fingerprint density at radius 2 is 2.00 bits per heavy atom. The number of pyridine rings is 1. The highest BCUT2D eigenvalue weighted by Gasteiger charge is 2.26. The summed E-state index contributed by atoms with van der Waals surface area (Å²) in [6.45, 7) is 1.79. The van der Waals surface area contributed by atoms with Gasteiger partial charge in [0.2, 0.25) is 0 Å². The van der Waals surface area contributed by atoms with Crippen molar-refractivity contribution in [2.45, 2.75) is 32.6 Å². The molecule has 0 unspecified atom stereocenters. The summed E-state index contributed by atoms with van der Waals surface area (Å²) in [6, 6.07) is 10.4. The normalized spacial score (nSPS) is 14.0. The summed E-state index contributed by atoms with van der Waals surface area (Å²) in [5.74, 6) is -0.592. The van der Waals surface area contributed by atoms with Crippen molar-refractivity contribution in [3.8, 4) is 0 Å². The summed E-state index contributed by atoms with van der Waals surface area (Å²) in [5.41, 5.74) is 3.59. The quantitative estimate of drug-likeness (QED) is 0.551. The maximum Gasteiger partial charge on any atom is 0.339 e. The SMILES string of the molecule is CCCNC(=O)NC(=O)COC(=O)c1c2c(nc3ccccc13)/C(=C\c1ccco1)CCC2. The molecule has 1 aliphatic rings. The van der Waals surface area contributed by atoms with Crippen molar-refractivity contribution >= 4 is 40.5 Å². The minimum atomic E-state index is -0.692. The maximum absolute atomic E-state index is 13.1. The molecular formula is C25H25N3O5. The summed E-state index contributed by atoms with van der Waals surface area (Å²) < 4.78 is 10.8. The number of ether oxygens (including phenoxy) is 1. The van der Waals surface area contributed by atoms with E-state index >= 15 is 0 Å². The van der Waals surface area contributed by atoms with Crippen LogP contribution in [0.2, 0.25) is 0 Å². The van der Waals surface area contributed by atoms with Gasteiger partial charge in [-0.05, 0) is 61.1 Å². The smallest absolute Gasteiger partial charge is 0.339 e. The second-order valence-electron chi connectivity index (χ2n) is 7.75. The lowest BCUT2D eigenvalue weighted by Gasteiger charge is -2.22. The van der Waals surface area contributed by atoms with Crippen LogP contribution in [-0.4, -0.2) is 36.0 Å². The zero-order chi connectivity index (χ0) is 23.2. The van der Waals surface area contributed by atoms with E-state index in [1.165, 1.54) is 0 Å². The van der Waals surface area contributed by atoms with Crippen molar-refractivity contribution in [2.24, 2.45) is 0 Å². The number of rotatable bonds is 6. The standard InChI is InChI=1S/C25H25N3O5/c1-2-12-26-25(31)28-21(29)15-33-24(30)22-18-9-3-4-11-20(18)27-23-16(7-5-10-19(22)23)14-17-8-6-13-32-17/h3-4,6,8-9,11,13-14H,2,5,7,10,12,15H2,1H3,(H2,26,28,29,31)/b16-14-. The molecule has 2 N–H and O–H groups in total. The van der Waals surface area contributed by atoms with Crippen LogP contribution in [0.15, 0.2) is 47.1 Å². The number of nitrogens with one attached hydrogen (secondary N) is 2. The van der Waals surface area contributed by atoms with Gasteiger partial charge < -0.3 is 14.5 Å². The molecule has 2 heterocycles. The van der Waals surface area contributed by atoms with Crippen molar-refractivity contribution in [1.82, 2.24) is 15.6 Å².